The number of para-hydroxylation sites is 1. The van der Waals surface area contributed by atoms with Crippen molar-refractivity contribution >= 4 is 22.7 Å². The van der Waals surface area contributed by atoms with Crippen LogP contribution in [0.4, 0.5) is 11.8 Å². The Labute approximate surface area is 207 Å². The summed E-state index contributed by atoms with van der Waals surface area (Å²) in [5, 5.41) is 14.1. The Bertz CT molecular complexity index is 1180. The first-order valence-corrected chi connectivity index (χ1v) is 12.5. The molecule has 0 saturated carbocycles. The number of hydrogen-bond acceptors (Lipinski definition) is 6. The maximum atomic E-state index is 9.72. The highest BCUT2D eigenvalue weighted by Gasteiger charge is 2.27. The van der Waals surface area contributed by atoms with Crippen molar-refractivity contribution in [2.75, 3.05) is 43.0 Å². The summed E-state index contributed by atoms with van der Waals surface area (Å²) in [6.45, 7) is 5.68. The third-order valence-corrected chi connectivity index (χ3v) is 6.84. The topological polar surface area (TPSA) is 64.5 Å². The first kappa shape index (κ1) is 23.3. The molecule has 180 valence electrons. The molecule has 0 aliphatic carbocycles. The third kappa shape index (κ3) is 5.14. The van der Waals surface area contributed by atoms with Crippen LogP contribution in [0.3, 0.4) is 0 Å². The van der Waals surface area contributed by atoms with Gasteiger partial charge in [0, 0.05) is 31.6 Å². The van der Waals surface area contributed by atoms with E-state index in [1.165, 1.54) is 11.1 Å². The van der Waals surface area contributed by atoms with Gasteiger partial charge in [0.1, 0.15) is 5.82 Å². The Kier molecular flexibility index (Phi) is 7.21. The van der Waals surface area contributed by atoms with Gasteiger partial charge in [0.2, 0.25) is 5.95 Å². The minimum absolute atomic E-state index is 0.0319. The molecule has 0 spiro atoms. The molecule has 2 N–H and O–H groups in total. The van der Waals surface area contributed by atoms with E-state index in [1.54, 1.807) is 0 Å². The number of piperazine rings is 1. The largest absolute Gasteiger partial charge is 0.394 e. The monoisotopic (exact) mass is 467 g/mol. The Morgan fingerprint density at radius 3 is 2.00 bits per heavy atom. The molecule has 4 aromatic rings. The van der Waals surface area contributed by atoms with E-state index in [1.807, 2.05) is 24.3 Å². The van der Waals surface area contributed by atoms with Gasteiger partial charge in [0.05, 0.1) is 24.2 Å². The van der Waals surface area contributed by atoms with Gasteiger partial charge in [-0.15, -0.1) is 0 Å². The van der Waals surface area contributed by atoms with Gasteiger partial charge in [-0.3, -0.25) is 4.90 Å². The lowest BCUT2D eigenvalue weighted by Crippen LogP contribution is -2.48. The van der Waals surface area contributed by atoms with Crippen LogP contribution in [0.5, 0.6) is 0 Å². The summed E-state index contributed by atoms with van der Waals surface area (Å²) in [5.74, 6) is 1.54. The molecule has 1 aromatic heterocycles. The fraction of sp³-hybridized carbons (Fsp3) is 0.310. The van der Waals surface area contributed by atoms with Crippen LogP contribution >= 0.6 is 0 Å². The zero-order chi connectivity index (χ0) is 24.0. The number of rotatable bonds is 8. The minimum Gasteiger partial charge on any atom is -0.394 e. The van der Waals surface area contributed by atoms with Crippen LogP contribution in [0.1, 0.15) is 30.5 Å². The maximum Gasteiger partial charge on any atom is 0.227 e. The molecule has 3 aromatic carbocycles. The average Bonchev–Trinajstić information content (AvgIpc) is 2.93. The second kappa shape index (κ2) is 10.8. The van der Waals surface area contributed by atoms with Crippen molar-refractivity contribution in [3.8, 4) is 0 Å². The number of nitrogens with one attached hydrogen (secondary N) is 1. The molecule has 1 saturated heterocycles. The minimum atomic E-state index is -0.0319. The first-order chi connectivity index (χ1) is 17.3. The SMILES string of the molecule is CCC(CO)Nc1nc(N2CCN(C(c3ccccc3)c3ccccc3)CC2)nc2ccccc12. The van der Waals surface area contributed by atoms with Crippen molar-refractivity contribution < 1.29 is 5.11 Å². The predicted molar refractivity (Wildman–Crippen MR) is 143 cm³/mol. The van der Waals surface area contributed by atoms with Gasteiger partial charge in [-0.2, -0.15) is 4.98 Å². The van der Waals surface area contributed by atoms with Gasteiger partial charge in [-0.05, 0) is 29.7 Å². The molecule has 2 heterocycles. The molecule has 5 rings (SSSR count). The number of hydrogen-bond donors (Lipinski definition) is 2. The van der Waals surface area contributed by atoms with Gasteiger partial charge in [0.15, 0.2) is 0 Å². The van der Waals surface area contributed by atoms with E-state index in [2.05, 4.69) is 82.7 Å². The summed E-state index contributed by atoms with van der Waals surface area (Å²) in [6, 6.07) is 29.8. The zero-order valence-electron chi connectivity index (χ0n) is 20.2. The van der Waals surface area contributed by atoms with Gasteiger partial charge < -0.3 is 15.3 Å². The van der Waals surface area contributed by atoms with Gasteiger partial charge in [0.25, 0.3) is 0 Å². The highest BCUT2D eigenvalue weighted by molar-refractivity contribution is 5.90. The zero-order valence-corrected chi connectivity index (χ0v) is 20.2. The lowest BCUT2D eigenvalue weighted by molar-refractivity contribution is 0.211. The molecule has 1 atom stereocenters. The lowest BCUT2D eigenvalue weighted by Gasteiger charge is -2.40. The Balaban J connectivity index is 1.39. The van der Waals surface area contributed by atoms with Crippen molar-refractivity contribution in [3.05, 3.63) is 96.1 Å². The van der Waals surface area contributed by atoms with E-state index in [4.69, 9.17) is 9.97 Å². The molecular formula is C29H33N5O. The fourth-order valence-corrected chi connectivity index (χ4v) is 4.85. The number of aromatic nitrogens is 2. The number of anilines is 2. The Hall–Kier alpha value is -3.48. The van der Waals surface area contributed by atoms with Crippen molar-refractivity contribution in [2.45, 2.75) is 25.4 Å². The van der Waals surface area contributed by atoms with Crippen molar-refractivity contribution in [1.82, 2.24) is 14.9 Å². The van der Waals surface area contributed by atoms with Crippen LogP contribution < -0.4 is 10.2 Å². The smallest absolute Gasteiger partial charge is 0.227 e. The molecule has 1 aliphatic rings. The average molecular weight is 468 g/mol. The molecule has 1 fully saturated rings. The van der Waals surface area contributed by atoms with E-state index in [9.17, 15) is 5.11 Å². The third-order valence-electron chi connectivity index (χ3n) is 6.84. The van der Waals surface area contributed by atoms with E-state index >= 15 is 0 Å². The molecule has 0 bridgehead atoms. The molecule has 6 heteroatoms. The van der Waals surface area contributed by atoms with Crippen LogP contribution in [0.25, 0.3) is 10.9 Å². The summed E-state index contributed by atoms with van der Waals surface area (Å²) in [6.07, 6.45) is 0.823. The van der Waals surface area contributed by atoms with Gasteiger partial charge in [-0.25, -0.2) is 4.98 Å². The normalized spacial score (nSPS) is 15.5. The molecule has 35 heavy (non-hydrogen) atoms. The van der Waals surface area contributed by atoms with E-state index in [-0.39, 0.29) is 18.7 Å². The van der Waals surface area contributed by atoms with Crippen LogP contribution in [-0.2, 0) is 0 Å². The second-order valence-corrected chi connectivity index (χ2v) is 9.07. The number of aliphatic hydroxyl groups excluding tert-OH is 1. The summed E-state index contributed by atoms with van der Waals surface area (Å²) in [5.41, 5.74) is 3.55. The molecule has 1 aliphatic heterocycles. The highest BCUT2D eigenvalue weighted by Crippen LogP contribution is 2.31. The lowest BCUT2D eigenvalue weighted by atomic mass is 9.96. The summed E-state index contributed by atoms with van der Waals surface area (Å²) >= 11 is 0. The van der Waals surface area contributed by atoms with E-state index in [0.717, 1.165) is 55.3 Å². The Morgan fingerprint density at radius 2 is 1.40 bits per heavy atom. The number of nitrogens with zero attached hydrogens (tertiary/aromatic N) is 4. The standard InChI is InChI=1S/C29H33N5O/c1-2-24(21-35)30-28-25-15-9-10-16-26(25)31-29(32-28)34-19-17-33(18-20-34)27(22-11-5-3-6-12-22)23-13-7-4-8-14-23/h3-16,24,27,35H,2,17-21H2,1H3,(H,30,31,32). The van der Waals surface area contributed by atoms with E-state index < -0.39 is 0 Å². The molecule has 0 radical (unpaired) electrons. The summed E-state index contributed by atoms with van der Waals surface area (Å²) in [4.78, 5) is 14.7. The van der Waals surface area contributed by atoms with Gasteiger partial charge >= 0.3 is 0 Å². The number of fused-ring (bicyclic) bond motifs is 1. The highest BCUT2D eigenvalue weighted by atomic mass is 16.3. The molecule has 1 unspecified atom stereocenters. The van der Waals surface area contributed by atoms with Crippen LogP contribution in [0.2, 0.25) is 0 Å². The number of benzene rings is 3. The predicted octanol–water partition coefficient (Wildman–Crippen LogP) is 4.72. The summed E-state index contributed by atoms with van der Waals surface area (Å²) < 4.78 is 0. The van der Waals surface area contributed by atoms with Crippen molar-refractivity contribution in [1.29, 1.82) is 0 Å². The first-order valence-electron chi connectivity index (χ1n) is 12.5. The van der Waals surface area contributed by atoms with Crippen molar-refractivity contribution in [3.63, 3.8) is 0 Å². The molecule has 6 nitrogen and oxygen atoms in total. The maximum absolute atomic E-state index is 9.72. The molecule has 0 amide bonds. The number of aliphatic hydroxyl groups is 1. The second-order valence-electron chi connectivity index (χ2n) is 9.07. The molecular weight excluding hydrogens is 434 g/mol. The van der Waals surface area contributed by atoms with Crippen LogP contribution in [0, 0.1) is 0 Å². The van der Waals surface area contributed by atoms with Crippen molar-refractivity contribution in [2.24, 2.45) is 0 Å². The van der Waals surface area contributed by atoms with E-state index in [0.29, 0.717) is 0 Å². The summed E-state index contributed by atoms with van der Waals surface area (Å²) in [7, 11) is 0. The van der Waals surface area contributed by atoms with Gasteiger partial charge in [-0.1, -0.05) is 79.7 Å². The Morgan fingerprint density at radius 1 is 0.800 bits per heavy atom. The quantitative estimate of drug-likeness (QED) is 0.391. The fourth-order valence-electron chi connectivity index (χ4n) is 4.85. The van der Waals surface area contributed by atoms with Crippen LogP contribution in [-0.4, -0.2) is 58.8 Å². The van der Waals surface area contributed by atoms with Crippen LogP contribution in [0.15, 0.2) is 84.9 Å².